The van der Waals surface area contributed by atoms with Crippen LogP contribution < -0.4 is 0 Å². The van der Waals surface area contributed by atoms with Gasteiger partial charge in [0.25, 0.3) is 0 Å². The van der Waals surface area contributed by atoms with Crippen molar-refractivity contribution >= 4 is 10.0 Å². The summed E-state index contributed by atoms with van der Waals surface area (Å²) in [6.07, 6.45) is 3.60. The van der Waals surface area contributed by atoms with Gasteiger partial charge in [-0.2, -0.15) is 4.31 Å². The molecule has 6 rings (SSSR count). The van der Waals surface area contributed by atoms with E-state index in [4.69, 9.17) is 4.74 Å². The van der Waals surface area contributed by atoms with Crippen LogP contribution >= 0.6 is 0 Å². The molecule has 5 heteroatoms. The summed E-state index contributed by atoms with van der Waals surface area (Å²) in [7, 11) is -3.21. The zero-order chi connectivity index (χ0) is 14.2. The van der Waals surface area contributed by atoms with Gasteiger partial charge in [-0.05, 0) is 36.3 Å². The fourth-order valence-electron chi connectivity index (χ4n) is 4.73. The highest BCUT2D eigenvalue weighted by Crippen LogP contribution is 2.55. The molecule has 0 unspecified atom stereocenters. The lowest BCUT2D eigenvalue weighted by Crippen LogP contribution is -2.49. The molecule has 2 bridgehead atoms. The maximum Gasteiger partial charge on any atom is 0.217 e. The molecule has 4 nitrogen and oxygen atoms in total. The number of benzene rings is 1. The first-order valence-electron chi connectivity index (χ1n) is 7.86. The van der Waals surface area contributed by atoms with E-state index in [1.165, 1.54) is 0 Å². The van der Waals surface area contributed by atoms with Crippen LogP contribution in [-0.2, 0) is 27.8 Å². The molecule has 1 aromatic rings. The predicted molar refractivity (Wildman–Crippen MR) is 77.9 cm³/mol. The van der Waals surface area contributed by atoms with E-state index in [0.717, 1.165) is 30.4 Å². The van der Waals surface area contributed by atoms with E-state index < -0.39 is 10.0 Å². The highest BCUT2D eigenvalue weighted by atomic mass is 32.2. The number of sulfonamides is 1. The number of fused-ring (bicyclic) bond motifs is 3. The molecule has 21 heavy (non-hydrogen) atoms. The third-order valence-corrected chi connectivity index (χ3v) is 8.17. The van der Waals surface area contributed by atoms with E-state index in [-0.39, 0.29) is 17.3 Å². The normalized spacial score (nSPS) is 40.9. The molecular formula is C16H19NO3S. The third-order valence-electron chi connectivity index (χ3n) is 5.89. The lowest BCUT2D eigenvalue weighted by atomic mass is 9.70. The van der Waals surface area contributed by atoms with Crippen LogP contribution in [0.2, 0.25) is 0 Å². The Morgan fingerprint density at radius 2 is 1.76 bits per heavy atom. The largest absolute Gasteiger partial charge is 0.369 e. The Morgan fingerprint density at radius 1 is 1.05 bits per heavy atom. The molecule has 0 amide bonds. The Bertz CT molecular complexity index is 676. The van der Waals surface area contributed by atoms with Crippen molar-refractivity contribution in [2.75, 3.05) is 0 Å². The quantitative estimate of drug-likeness (QED) is 0.784. The van der Waals surface area contributed by atoms with Crippen LogP contribution in [-0.4, -0.2) is 30.2 Å². The van der Waals surface area contributed by atoms with Crippen LogP contribution in [0.25, 0.3) is 0 Å². The van der Waals surface area contributed by atoms with E-state index in [2.05, 4.69) is 0 Å². The summed E-state index contributed by atoms with van der Waals surface area (Å²) in [5.41, 5.74) is 2.31. The average Bonchev–Trinajstić information content (AvgIpc) is 3.22. The van der Waals surface area contributed by atoms with Gasteiger partial charge in [0.1, 0.15) is 0 Å². The fraction of sp³-hybridized carbons (Fsp3) is 0.625. The van der Waals surface area contributed by atoms with E-state index in [0.29, 0.717) is 25.1 Å². The monoisotopic (exact) mass is 305 g/mol. The second-order valence-corrected chi connectivity index (χ2v) is 9.07. The van der Waals surface area contributed by atoms with Crippen molar-refractivity contribution in [3.05, 3.63) is 35.4 Å². The van der Waals surface area contributed by atoms with Crippen LogP contribution in [0.4, 0.5) is 0 Å². The van der Waals surface area contributed by atoms with Gasteiger partial charge in [-0.15, -0.1) is 0 Å². The zero-order valence-electron chi connectivity index (χ0n) is 11.8. The Labute approximate surface area is 125 Å². The molecule has 4 fully saturated rings. The van der Waals surface area contributed by atoms with Crippen molar-refractivity contribution in [2.24, 2.45) is 11.8 Å². The van der Waals surface area contributed by atoms with Crippen LogP contribution in [0.5, 0.6) is 0 Å². The van der Waals surface area contributed by atoms with E-state index in [1.54, 1.807) is 4.31 Å². The lowest BCUT2D eigenvalue weighted by molar-refractivity contribution is 0.214. The van der Waals surface area contributed by atoms with Gasteiger partial charge in [0.05, 0.1) is 17.5 Å². The van der Waals surface area contributed by atoms with Gasteiger partial charge >= 0.3 is 0 Å². The maximum atomic E-state index is 13.1. The minimum absolute atomic E-state index is 0.214. The minimum atomic E-state index is -3.21. The van der Waals surface area contributed by atoms with Crippen LogP contribution in [0.3, 0.4) is 0 Å². The maximum absolute atomic E-state index is 13.1. The molecule has 2 aliphatic heterocycles. The number of epoxide rings is 1. The Kier molecular flexibility index (Phi) is 2.46. The van der Waals surface area contributed by atoms with Crippen LogP contribution in [0.15, 0.2) is 24.3 Å². The molecular weight excluding hydrogens is 286 g/mol. The van der Waals surface area contributed by atoms with Crippen molar-refractivity contribution in [3.63, 3.8) is 0 Å². The highest BCUT2D eigenvalue weighted by molar-refractivity contribution is 7.89. The molecule has 3 saturated carbocycles. The summed E-state index contributed by atoms with van der Waals surface area (Å²) in [5, 5.41) is -0.214. The van der Waals surface area contributed by atoms with Gasteiger partial charge in [0.15, 0.2) is 0 Å². The molecule has 3 aliphatic carbocycles. The van der Waals surface area contributed by atoms with E-state index >= 15 is 0 Å². The van der Waals surface area contributed by atoms with Crippen LogP contribution in [0.1, 0.15) is 30.4 Å². The Hall–Kier alpha value is -0.910. The molecule has 0 spiro atoms. The molecule has 1 saturated heterocycles. The smallest absolute Gasteiger partial charge is 0.217 e. The molecule has 1 aromatic carbocycles. The summed E-state index contributed by atoms with van der Waals surface area (Å²) in [6.45, 7) is 1.09. The van der Waals surface area contributed by atoms with Crippen molar-refractivity contribution < 1.29 is 13.2 Å². The first-order valence-corrected chi connectivity index (χ1v) is 9.36. The van der Waals surface area contributed by atoms with Gasteiger partial charge in [-0.25, -0.2) is 8.42 Å². The SMILES string of the molecule is O=S(=O)([C@@H]1C[C@H]2CC[C@@H]1[C@@H]1O[C@H]21)N1Cc2ccccc2C1. The number of hydrogen-bond donors (Lipinski definition) is 0. The second kappa shape index (κ2) is 4.09. The van der Waals surface area contributed by atoms with Gasteiger partial charge in [0, 0.05) is 19.0 Å². The fourth-order valence-corrected chi connectivity index (χ4v) is 6.98. The van der Waals surface area contributed by atoms with Crippen molar-refractivity contribution in [2.45, 2.75) is 49.8 Å². The molecule has 2 heterocycles. The van der Waals surface area contributed by atoms with E-state index in [1.807, 2.05) is 24.3 Å². The number of hydrogen-bond acceptors (Lipinski definition) is 3. The topological polar surface area (TPSA) is 49.9 Å². The third kappa shape index (κ3) is 1.71. The first-order chi connectivity index (χ1) is 10.1. The van der Waals surface area contributed by atoms with Gasteiger partial charge in [-0.1, -0.05) is 24.3 Å². The number of ether oxygens (including phenoxy) is 1. The minimum Gasteiger partial charge on any atom is -0.369 e. The molecule has 5 aliphatic rings. The summed E-state index contributed by atoms with van der Waals surface area (Å²) in [6, 6.07) is 8.05. The molecule has 0 aromatic heterocycles. The summed E-state index contributed by atoms with van der Waals surface area (Å²) in [4.78, 5) is 0. The highest BCUT2D eigenvalue weighted by Gasteiger charge is 2.62. The number of nitrogens with zero attached hydrogens (tertiary/aromatic N) is 1. The second-order valence-electron chi connectivity index (χ2n) is 6.92. The Morgan fingerprint density at radius 3 is 2.43 bits per heavy atom. The molecule has 0 N–H and O–H groups in total. The van der Waals surface area contributed by atoms with Crippen molar-refractivity contribution in [1.29, 1.82) is 0 Å². The lowest BCUT2D eigenvalue weighted by Gasteiger charge is -2.40. The van der Waals surface area contributed by atoms with Gasteiger partial charge in [-0.3, -0.25) is 0 Å². The van der Waals surface area contributed by atoms with Gasteiger partial charge < -0.3 is 4.74 Å². The Balaban J connectivity index is 1.44. The molecule has 5 atom stereocenters. The van der Waals surface area contributed by atoms with E-state index in [9.17, 15) is 8.42 Å². The first kappa shape index (κ1) is 12.6. The van der Waals surface area contributed by atoms with Crippen LogP contribution in [0, 0.1) is 11.8 Å². The average molecular weight is 305 g/mol. The number of rotatable bonds is 2. The summed E-state index contributed by atoms with van der Waals surface area (Å²) in [5.74, 6) is 0.707. The van der Waals surface area contributed by atoms with Crippen molar-refractivity contribution in [3.8, 4) is 0 Å². The predicted octanol–water partition coefficient (Wildman–Crippen LogP) is 1.90. The van der Waals surface area contributed by atoms with Crippen molar-refractivity contribution in [1.82, 2.24) is 4.31 Å². The zero-order valence-corrected chi connectivity index (χ0v) is 12.6. The standard InChI is InChI=1S/C16H19NO3S/c18-21(19,17-8-11-3-1-2-4-12(11)9-17)14-7-10-5-6-13(14)16-15(10)20-16/h1-4,10,13-16H,5-9H2/t10-,13+,14-,15-,16+/m1/s1. The summed E-state index contributed by atoms with van der Waals surface area (Å²) >= 11 is 0. The summed E-state index contributed by atoms with van der Waals surface area (Å²) < 4.78 is 33.6. The van der Waals surface area contributed by atoms with Gasteiger partial charge in [0.2, 0.25) is 10.0 Å². The molecule has 112 valence electrons. The molecule has 0 radical (unpaired) electrons.